The minimum atomic E-state index is -0.980. The lowest BCUT2D eigenvalue weighted by atomic mass is 10.00. The SMILES string of the molecule is COCCC(C(=O)Nc1ccc(C(N)=O)c(OC)c1)n1cc(OC)c(-c2cc(Cl)ccc2C#N)cc1=O. The number of hydrogen-bond donors (Lipinski definition) is 2. The third-order valence-electron chi connectivity index (χ3n) is 5.62. The van der Waals surface area contributed by atoms with Gasteiger partial charge in [-0.1, -0.05) is 11.6 Å². The quantitative estimate of drug-likeness (QED) is 0.413. The van der Waals surface area contributed by atoms with Crippen LogP contribution in [0.1, 0.15) is 28.4 Å². The van der Waals surface area contributed by atoms with Crippen LogP contribution in [0.3, 0.4) is 0 Å². The summed E-state index contributed by atoms with van der Waals surface area (Å²) in [7, 11) is 4.28. The van der Waals surface area contributed by atoms with E-state index < -0.39 is 23.4 Å². The maximum absolute atomic E-state index is 13.3. The number of amides is 2. The lowest BCUT2D eigenvalue weighted by Gasteiger charge is -2.21. The summed E-state index contributed by atoms with van der Waals surface area (Å²) in [6, 6.07) is 11.5. The van der Waals surface area contributed by atoms with E-state index in [-0.39, 0.29) is 30.1 Å². The van der Waals surface area contributed by atoms with Gasteiger partial charge in [-0.2, -0.15) is 5.26 Å². The van der Waals surface area contributed by atoms with Gasteiger partial charge in [0.1, 0.15) is 17.5 Å². The molecule has 3 N–H and O–H groups in total. The Morgan fingerprint density at radius 1 is 1.08 bits per heavy atom. The second kappa shape index (κ2) is 12.1. The monoisotopic (exact) mass is 524 g/mol. The minimum absolute atomic E-state index is 0.158. The van der Waals surface area contributed by atoms with Crippen LogP contribution >= 0.6 is 11.6 Å². The molecule has 0 radical (unpaired) electrons. The second-order valence-corrected chi connectivity index (χ2v) is 8.30. The van der Waals surface area contributed by atoms with E-state index in [0.29, 0.717) is 27.4 Å². The van der Waals surface area contributed by atoms with Crippen molar-refractivity contribution in [3.63, 3.8) is 0 Å². The summed E-state index contributed by atoms with van der Waals surface area (Å²) in [5, 5.41) is 12.6. The first kappa shape index (κ1) is 27.3. The van der Waals surface area contributed by atoms with Crippen LogP contribution in [-0.2, 0) is 9.53 Å². The minimum Gasteiger partial charge on any atom is -0.496 e. The molecule has 3 rings (SSSR count). The van der Waals surface area contributed by atoms with E-state index in [1.54, 1.807) is 18.2 Å². The Hall–Kier alpha value is -4.33. The smallest absolute Gasteiger partial charge is 0.252 e. The molecule has 3 aromatic rings. The first-order valence-electron chi connectivity index (χ1n) is 11.0. The van der Waals surface area contributed by atoms with Gasteiger partial charge in [-0.15, -0.1) is 0 Å². The summed E-state index contributed by atoms with van der Waals surface area (Å²) < 4.78 is 17.1. The normalized spacial score (nSPS) is 11.3. The van der Waals surface area contributed by atoms with Gasteiger partial charge in [0.05, 0.1) is 37.6 Å². The third-order valence-corrected chi connectivity index (χ3v) is 5.86. The highest BCUT2D eigenvalue weighted by atomic mass is 35.5. The topological polar surface area (TPSA) is 146 Å². The summed E-state index contributed by atoms with van der Waals surface area (Å²) in [6.07, 6.45) is 1.58. The number of anilines is 1. The van der Waals surface area contributed by atoms with Gasteiger partial charge in [-0.05, 0) is 30.3 Å². The number of ether oxygens (including phenoxy) is 3. The van der Waals surface area contributed by atoms with E-state index in [1.165, 1.54) is 56.4 Å². The summed E-state index contributed by atoms with van der Waals surface area (Å²) in [4.78, 5) is 38.2. The molecule has 0 saturated carbocycles. The van der Waals surface area contributed by atoms with Crippen LogP contribution in [0.4, 0.5) is 5.69 Å². The average molecular weight is 525 g/mol. The van der Waals surface area contributed by atoms with Crippen LogP contribution < -0.4 is 26.1 Å². The van der Waals surface area contributed by atoms with Gasteiger partial charge in [0.2, 0.25) is 5.91 Å². The van der Waals surface area contributed by atoms with Gasteiger partial charge in [0.25, 0.3) is 11.5 Å². The van der Waals surface area contributed by atoms with Gasteiger partial charge in [-0.3, -0.25) is 19.0 Å². The zero-order valence-electron chi connectivity index (χ0n) is 20.4. The van der Waals surface area contributed by atoms with Crippen LogP contribution in [0.25, 0.3) is 11.1 Å². The molecule has 0 fully saturated rings. The van der Waals surface area contributed by atoms with Gasteiger partial charge >= 0.3 is 0 Å². The maximum Gasteiger partial charge on any atom is 0.252 e. The zero-order chi connectivity index (χ0) is 27.1. The number of carbonyl (C=O) groups excluding carboxylic acids is 2. The largest absolute Gasteiger partial charge is 0.496 e. The summed E-state index contributed by atoms with van der Waals surface area (Å²) in [5.74, 6) is -0.730. The summed E-state index contributed by atoms with van der Waals surface area (Å²) >= 11 is 6.13. The molecule has 1 atom stereocenters. The highest BCUT2D eigenvalue weighted by Gasteiger charge is 2.24. The van der Waals surface area contributed by atoms with Crippen molar-refractivity contribution in [2.75, 3.05) is 33.3 Å². The van der Waals surface area contributed by atoms with Crippen LogP contribution in [0.2, 0.25) is 5.02 Å². The van der Waals surface area contributed by atoms with E-state index in [9.17, 15) is 19.6 Å². The van der Waals surface area contributed by atoms with E-state index in [0.717, 1.165) is 0 Å². The lowest BCUT2D eigenvalue weighted by molar-refractivity contribution is -0.119. The number of primary amides is 1. The number of nitrogens with zero attached hydrogens (tertiary/aromatic N) is 2. The van der Waals surface area contributed by atoms with Crippen LogP contribution in [0, 0.1) is 11.3 Å². The molecule has 37 heavy (non-hydrogen) atoms. The highest BCUT2D eigenvalue weighted by molar-refractivity contribution is 6.31. The Bertz CT molecular complexity index is 1430. The van der Waals surface area contributed by atoms with E-state index in [4.69, 9.17) is 31.5 Å². The number of nitrogens with one attached hydrogen (secondary N) is 1. The fraction of sp³-hybridized carbons (Fsp3) is 0.231. The van der Waals surface area contributed by atoms with Crippen molar-refractivity contribution in [1.82, 2.24) is 4.57 Å². The van der Waals surface area contributed by atoms with Crippen molar-refractivity contribution in [1.29, 1.82) is 5.26 Å². The van der Waals surface area contributed by atoms with Crippen molar-refractivity contribution in [2.24, 2.45) is 5.73 Å². The van der Waals surface area contributed by atoms with Crippen LogP contribution in [0.5, 0.6) is 11.5 Å². The molecule has 192 valence electrons. The molecule has 2 aromatic carbocycles. The Balaban J connectivity index is 2.04. The number of benzene rings is 2. The first-order valence-corrected chi connectivity index (χ1v) is 11.4. The van der Waals surface area contributed by atoms with Crippen molar-refractivity contribution >= 4 is 29.1 Å². The molecule has 1 unspecified atom stereocenters. The van der Waals surface area contributed by atoms with Crippen molar-refractivity contribution in [2.45, 2.75) is 12.5 Å². The summed E-state index contributed by atoms with van der Waals surface area (Å²) in [6.45, 7) is 0.186. The molecule has 1 heterocycles. The highest BCUT2D eigenvalue weighted by Crippen LogP contribution is 2.33. The fourth-order valence-corrected chi connectivity index (χ4v) is 3.98. The van der Waals surface area contributed by atoms with Gasteiger partial charge in [0.15, 0.2) is 0 Å². The fourth-order valence-electron chi connectivity index (χ4n) is 3.81. The van der Waals surface area contributed by atoms with Crippen molar-refractivity contribution < 1.29 is 23.8 Å². The molecule has 11 heteroatoms. The molecule has 0 aliphatic rings. The zero-order valence-corrected chi connectivity index (χ0v) is 21.2. The first-order chi connectivity index (χ1) is 17.7. The Morgan fingerprint density at radius 2 is 1.81 bits per heavy atom. The number of aromatic nitrogens is 1. The molecule has 0 aliphatic heterocycles. The molecule has 0 aliphatic carbocycles. The number of pyridine rings is 1. The predicted molar refractivity (Wildman–Crippen MR) is 138 cm³/mol. The number of nitriles is 1. The number of nitrogens with two attached hydrogens (primary N) is 1. The number of methoxy groups -OCH3 is 3. The van der Waals surface area contributed by atoms with Gasteiger partial charge in [0, 0.05) is 54.1 Å². The molecular formula is C26H25ClN4O6. The Labute approximate surface area is 218 Å². The molecule has 0 bridgehead atoms. The van der Waals surface area contributed by atoms with Crippen LogP contribution in [0.15, 0.2) is 53.5 Å². The molecular weight excluding hydrogens is 500 g/mol. The number of carbonyl (C=O) groups is 2. The van der Waals surface area contributed by atoms with Crippen molar-refractivity contribution in [3.05, 3.63) is 75.2 Å². The molecule has 1 aromatic heterocycles. The van der Waals surface area contributed by atoms with E-state index >= 15 is 0 Å². The molecule has 10 nitrogen and oxygen atoms in total. The van der Waals surface area contributed by atoms with E-state index in [2.05, 4.69) is 11.4 Å². The average Bonchev–Trinajstić information content (AvgIpc) is 2.89. The standard InChI is InChI=1S/C26H25ClN4O6/c1-35-9-8-21(26(34)30-17-6-7-18(25(29)33)22(11-17)36-2)31-14-23(37-3)20(12-24(31)32)19-10-16(27)5-4-15(19)13-28/h4-7,10-12,14,21H,8-9H2,1-3H3,(H2,29,33)(H,30,34). The summed E-state index contributed by atoms with van der Waals surface area (Å²) in [5.41, 5.74) is 6.44. The Kier molecular flexibility index (Phi) is 8.90. The second-order valence-electron chi connectivity index (χ2n) is 7.87. The maximum atomic E-state index is 13.3. The van der Waals surface area contributed by atoms with Crippen molar-refractivity contribution in [3.8, 4) is 28.7 Å². The van der Waals surface area contributed by atoms with E-state index in [1.807, 2.05) is 0 Å². The molecule has 2 amide bonds. The lowest BCUT2D eigenvalue weighted by Crippen LogP contribution is -2.34. The predicted octanol–water partition coefficient (Wildman–Crippen LogP) is 3.37. The van der Waals surface area contributed by atoms with Gasteiger partial charge < -0.3 is 25.3 Å². The number of rotatable bonds is 10. The number of halogens is 1. The number of hydrogen-bond acceptors (Lipinski definition) is 7. The Morgan fingerprint density at radius 3 is 2.43 bits per heavy atom. The molecule has 0 spiro atoms. The third kappa shape index (κ3) is 6.09. The van der Waals surface area contributed by atoms with Gasteiger partial charge in [-0.25, -0.2) is 0 Å². The van der Waals surface area contributed by atoms with Crippen LogP contribution in [-0.4, -0.2) is 44.3 Å². The molecule has 0 saturated heterocycles.